The molecule has 26 heavy (non-hydrogen) atoms. The van der Waals surface area contributed by atoms with Crippen molar-refractivity contribution in [3.05, 3.63) is 38.8 Å². The average Bonchev–Trinajstić information content (AvgIpc) is 3.05. The van der Waals surface area contributed by atoms with Crippen molar-refractivity contribution in [2.45, 2.75) is 30.8 Å². The molecule has 0 bridgehead atoms. The molecule has 1 fully saturated rings. The third-order valence-electron chi connectivity index (χ3n) is 3.95. The Hall–Kier alpha value is -1.26. The highest BCUT2D eigenvalue weighted by molar-refractivity contribution is 7.89. The van der Waals surface area contributed by atoms with Gasteiger partial charge in [-0.25, -0.2) is 13.2 Å². The Balaban J connectivity index is 1.80. The number of piperidine rings is 1. The largest absolute Gasteiger partial charge is 0.455 e. The molecule has 2 heterocycles. The summed E-state index contributed by atoms with van der Waals surface area (Å²) in [4.78, 5) is 12.2. The fraction of sp³-hybridized carbons (Fsp3) is 0.400. The second kappa shape index (κ2) is 8.18. The van der Waals surface area contributed by atoms with Crippen LogP contribution in [0, 0.1) is 0 Å². The molecule has 1 aliphatic rings. The summed E-state index contributed by atoms with van der Waals surface area (Å²) >= 11 is 12.9. The highest BCUT2D eigenvalue weighted by Gasteiger charge is 2.29. The van der Waals surface area contributed by atoms with Gasteiger partial charge in [-0.1, -0.05) is 34.1 Å². The van der Waals surface area contributed by atoms with Crippen LogP contribution < -0.4 is 0 Å². The molecule has 1 aromatic carbocycles. The van der Waals surface area contributed by atoms with E-state index in [0.717, 1.165) is 30.8 Å². The minimum Gasteiger partial charge on any atom is -0.455 e. The molecule has 0 N–H and O–H groups in total. The van der Waals surface area contributed by atoms with E-state index in [1.54, 1.807) is 0 Å². The highest BCUT2D eigenvalue weighted by atomic mass is 35.5. The summed E-state index contributed by atoms with van der Waals surface area (Å²) in [5, 5.41) is 3.82. The Morgan fingerprint density at radius 3 is 2.62 bits per heavy atom. The molecule has 1 aromatic heterocycles. The number of halogens is 2. The number of ether oxygens (including phenoxy) is 1. The number of hydrogen-bond donors (Lipinski definition) is 0. The maximum atomic E-state index is 12.8. The third kappa shape index (κ3) is 4.17. The van der Waals surface area contributed by atoms with Gasteiger partial charge in [0.1, 0.15) is 21.5 Å². The Labute approximate surface area is 165 Å². The molecule has 0 atom stereocenters. The number of rotatable bonds is 5. The van der Waals surface area contributed by atoms with Crippen LogP contribution in [0.4, 0.5) is 0 Å². The first-order valence-electron chi connectivity index (χ1n) is 7.83. The molecule has 1 saturated heterocycles. The summed E-state index contributed by atoms with van der Waals surface area (Å²) in [6.07, 6.45) is 2.61. The van der Waals surface area contributed by atoms with Crippen LogP contribution >= 0.6 is 34.7 Å². The molecule has 0 saturated carbocycles. The van der Waals surface area contributed by atoms with Gasteiger partial charge in [0.25, 0.3) is 0 Å². The molecule has 0 amide bonds. The lowest BCUT2D eigenvalue weighted by molar-refractivity contribution is 0.0467. The van der Waals surface area contributed by atoms with E-state index in [1.165, 1.54) is 22.5 Å². The van der Waals surface area contributed by atoms with Crippen molar-refractivity contribution < 1.29 is 17.9 Å². The predicted octanol–water partition coefficient (Wildman–Crippen LogP) is 3.38. The standard InChI is InChI=1S/C15H15Cl2N3O4S2/c16-11-5-4-10(15(21)24-9-12-14(17)25-19-18-12)8-13(11)26(22,23)20-6-2-1-3-7-20/h4-5,8H,1-3,6-7,9H2. The summed E-state index contributed by atoms with van der Waals surface area (Å²) in [5.74, 6) is -0.694. The zero-order valence-electron chi connectivity index (χ0n) is 13.5. The van der Waals surface area contributed by atoms with Gasteiger partial charge in [0.2, 0.25) is 10.0 Å². The molecular formula is C15H15Cl2N3O4S2. The van der Waals surface area contributed by atoms with Gasteiger partial charge < -0.3 is 4.74 Å². The van der Waals surface area contributed by atoms with E-state index in [1.807, 2.05) is 0 Å². The monoisotopic (exact) mass is 435 g/mol. The number of hydrogen-bond acceptors (Lipinski definition) is 7. The van der Waals surface area contributed by atoms with Crippen LogP contribution in [0.1, 0.15) is 35.3 Å². The minimum atomic E-state index is -3.76. The maximum Gasteiger partial charge on any atom is 0.338 e. The van der Waals surface area contributed by atoms with Gasteiger partial charge in [-0.2, -0.15) is 4.31 Å². The molecule has 1 aliphatic heterocycles. The maximum absolute atomic E-state index is 12.8. The van der Waals surface area contributed by atoms with Crippen LogP contribution in [0.3, 0.4) is 0 Å². The molecule has 0 unspecified atom stereocenters. The van der Waals surface area contributed by atoms with E-state index < -0.39 is 16.0 Å². The summed E-state index contributed by atoms with van der Waals surface area (Å²) in [6, 6.07) is 4.04. The molecule has 140 valence electrons. The van der Waals surface area contributed by atoms with E-state index in [4.69, 9.17) is 27.9 Å². The first-order chi connectivity index (χ1) is 12.4. The SMILES string of the molecule is O=C(OCc1nnsc1Cl)c1ccc(Cl)c(S(=O)(=O)N2CCCCC2)c1. The fourth-order valence-electron chi connectivity index (χ4n) is 2.57. The van der Waals surface area contributed by atoms with E-state index in [9.17, 15) is 13.2 Å². The van der Waals surface area contributed by atoms with Gasteiger partial charge in [0, 0.05) is 24.6 Å². The van der Waals surface area contributed by atoms with E-state index in [-0.39, 0.29) is 22.1 Å². The average molecular weight is 436 g/mol. The van der Waals surface area contributed by atoms with Crippen molar-refractivity contribution in [2.24, 2.45) is 0 Å². The number of benzene rings is 1. The second-order valence-electron chi connectivity index (χ2n) is 5.68. The van der Waals surface area contributed by atoms with Gasteiger partial charge >= 0.3 is 5.97 Å². The number of esters is 1. The lowest BCUT2D eigenvalue weighted by Gasteiger charge is -2.26. The minimum absolute atomic E-state index is 0.0684. The molecule has 2 aromatic rings. The lowest BCUT2D eigenvalue weighted by atomic mass is 10.2. The third-order valence-corrected chi connectivity index (χ3v) is 7.31. The van der Waals surface area contributed by atoms with Crippen molar-refractivity contribution in [3.8, 4) is 0 Å². The van der Waals surface area contributed by atoms with Crippen molar-refractivity contribution in [1.29, 1.82) is 0 Å². The number of nitrogens with zero attached hydrogens (tertiary/aromatic N) is 3. The van der Waals surface area contributed by atoms with Crippen LogP contribution in [-0.2, 0) is 21.4 Å². The lowest BCUT2D eigenvalue weighted by Crippen LogP contribution is -2.35. The van der Waals surface area contributed by atoms with Crippen LogP contribution in [0.2, 0.25) is 9.36 Å². The van der Waals surface area contributed by atoms with E-state index >= 15 is 0 Å². The zero-order valence-corrected chi connectivity index (χ0v) is 16.7. The second-order valence-corrected chi connectivity index (χ2v) is 9.35. The first-order valence-corrected chi connectivity index (χ1v) is 10.8. The number of sulfonamides is 1. The Bertz CT molecular complexity index is 911. The van der Waals surface area contributed by atoms with Gasteiger partial charge in [-0.15, -0.1) is 5.10 Å². The highest BCUT2D eigenvalue weighted by Crippen LogP contribution is 2.28. The molecule has 0 aliphatic carbocycles. The number of carbonyl (C=O) groups is 1. The quantitative estimate of drug-likeness (QED) is 0.668. The topological polar surface area (TPSA) is 89.5 Å². The zero-order chi connectivity index (χ0) is 18.7. The molecule has 0 spiro atoms. The molecular weight excluding hydrogens is 421 g/mol. The van der Waals surface area contributed by atoms with E-state index in [2.05, 4.69) is 9.59 Å². The predicted molar refractivity (Wildman–Crippen MR) is 98.1 cm³/mol. The van der Waals surface area contributed by atoms with Gasteiger partial charge in [0.15, 0.2) is 0 Å². The van der Waals surface area contributed by atoms with Crippen molar-refractivity contribution in [1.82, 2.24) is 13.9 Å². The molecule has 7 nitrogen and oxygen atoms in total. The smallest absolute Gasteiger partial charge is 0.338 e. The molecule has 3 rings (SSSR count). The van der Waals surface area contributed by atoms with Crippen LogP contribution in [0.25, 0.3) is 0 Å². The van der Waals surface area contributed by atoms with Crippen LogP contribution in [0.15, 0.2) is 23.1 Å². The Kier molecular flexibility index (Phi) is 6.13. The van der Waals surface area contributed by atoms with Crippen molar-refractivity contribution in [2.75, 3.05) is 13.1 Å². The first kappa shape index (κ1) is 19.5. The van der Waals surface area contributed by atoms with Crippen molar-refractivity contribution >= 4 is 50.7 Å². The van der Waals surface area contributed by atoms with Crippen LogP contribution in [-0.4, -0.2) is 41.4 Å². The summed E-state index contributed by atoms with van der Waals surface area (Å²) in [5.41, 5.74) is 0.435. The summed E-state index contributed by atoms with van der Waals surface area (Å²) in [6.45, 7) is 0.746. The normalized spacial score (nSPS) is 15.8. The molecule has 11 heteroatoms. The summed E-state index contributed by atoms with van der Waals surface area (Å²) in [7, 11) is -3.76. The van der Waals surface area contributed by atoms with Crippen molar-refractivity contribution in [3.63, 3.8) is 0 Å². The van der Waals surface area contributed by atoms with Crippen LogP contribution in [0.5, 0.6) is 0 Å². The summed E-state index contributed by atoms with van der Waals surface area (Å²) < 4.78 is 36.2. The van der Waals surface area contributed by atoms with Gasteiger partial charge in [-0.3, -0.25) is 0 Å². The number of carbonyl (C=O) groups excluding carboxylic acids is 1. The molecule has 0 radical (unpaired) electrons. The van der Waals surface area contributed by atoms with E-state index in [0.29, 0.717) is 23.1 Å². The van der Waals surface area contributed by atoms with Gasteiger partial charge in [-0.05, 0) is 31.0 Å². The Morgan fingerprint density at radius 1 is 1.23 bits per heavy atom. The fourth-order valence-corrected chi connectivity index (χ4v) is 5.19. The number of aromatic nitrogens is 2. The van der Waals surface area contributed by atoms with Gasteiger partial charge in [0.05, 0.1) is 10.6 Å². The Morgan fingerprint density at radius 2 is 1.96 bits per heavy atom.